The number of sulfonamides is 1. The van der Waals surface area contributed by atoms with Crippen molar-refractivity contribution in [3.63, 3.8) is 0 Å². The maximum absolute atomic E-state index is 14.5. The zero-order chi connectivity index (χ0) is 41.3. The summed E-state index contributed by atoms with van der Waals surface area (Å²) in [5, 5.41) is 5.36. The molecule has 0 bridgehead atoms. The molecule has 5 amide bonds. The quantitative estimate of drug-likeness (QED) is 0.364. The molecular weight excluding hydrogens is 772 g/mol. The van der Waals surface area contributed by atoms with Crippen LogP contribution in [0, 0.1) is 17.6 Å². The summed E-state index contributed by atoms with van der Waals surface area (Å²) in [6.07, 6.45) is 3.86. The van der Waals surface area contributed by atoms with E-state index in [9.17, 15) is 45.6 Å². The van der Waals surface area contributed by atoms with E-state index < -0.39 is 98.1 Å². The predicted octanol–water partition coefficient (Wildman–Crippen LogP) is 4.79. The Kier molecular flexibility index (Phi) is 12.3. The van der Waals surface area contributed by atoms with Gasteiger partial charge in [0.25, 0.3) is 5.91 Å². The molecule has 1 aromatic carbocycles. The first-order valence-corrected chi connectivity index (χ1v) is 21.1. The minimum Gasteiger partial charge on any atom is -0.444 e. The van der Waals surface area contributed by atoms with Crippen LogP contribution in [0.3, 0.4) is 0 Å². The number of carbonyl (C=O) groups is 5. The standard InChI is InChI=1S/C39H50F3N5O9S/c1-38(2,3)56-36(51)43-31-16-8-6-4-5-7-12-24-18-39(24,35(50)45-57(53,54)22-27-29(41)14-10-15-30(27)42)44-33(48)32-17-25(20-47(32)34(31)49)55-37(52)46-19-23-11-9-13-28(40)26(23)21-46/h10,13-15,24-25,31-32H,4-9,11-12,16-22H2,1-3H3,(H,43,51)(H,44,48)(H,45,50)/t24-,25-,31?,32+,39-/m1/s1. The number of allylic oxidation sites excluding steroid dienone is 1. The van der Waals surface area contributed by atoms with Crippen LogP contribution in [0.15, 0.2) is 41.2 Å². The lowest BCUT2D eigenvalue weighted by molar-refractivity contribution is -0.141. The van der Waals surface area contributed by atoms with Gasteiger partial charge in [-0.15, -0.1) is 0 Å². The van der Waals surface area contributed by atoms with E-state index in [2.05, 4.69) is 10.6 Å². The number of nitrogens with one attached hydrogen (secondary N) is 3. The normalized spacial score (nSPS) is 27.2. The highest BCUT2D eigenvalue weighted by atomic mass is 32.2. The fourth-order valence-corrected chi connectivity index (χ4v) is 9.34. The smallest absolute Gasteiger partial charge is 0.410 e. The van der Waals surface area contributed by atoms with E-state index >= 15 is 0 Å². The van der Waals surface area contributed by atoms with Crippen molar-refractivity contribution in [1.29, 1.82) is 0 Å². The summed E-state index contributed by atoms with van der Waals surface area (Å²) in [5.41, 5.74) is -2.13. The lowest BCUT2D eigenvalue weighted by Gasteiger charge is -2.30. The Morgan fingerprint density at radius 2 is 1.68 bits per heavy atom. The van der Waals surface area contributed by atoms with Crippen LogP contribution >= 0.6 is 0 Å². The van der Waals surface area contributed by atoms with Crippen LogP contribution in [0.1, 0.15) is 97.0 Å². The van der Waals surface area contributed by atoms with E-state index in [0.717, 1.165) is 36.6 Å². The third kappa shape index (κ3) is 9.92. The van der Waals surface area contributed by atoms with Gasteiger partial charge < -0.3 is 25.0 Å². The maximum Gasteiger partial charge on any atom is 0.410 e. The number of amides is 5. The Hall–Kier alpha value is -4.61. The van der Waals surface area contributed by atoms with Gasteiger partial charge in [-0.25, -0.2) is 31.2 Å². The SMILES string of the molecule is CC(C)(C)OC(=O)NC1CCCCCCC[C@@H]2C[C@@]2(C(=O)NS(=O)(=O)Cc2c(F)cccc2F)NC(=O)[C@@H]2C[C@@H](OC(=O)N3CC4=C(C3)C(F)=CCC4)CN2C1=O. The maximum atomic E-state index is 14.5. The first-order valence-electron chi connectivity index (χ1n) is 19.5. The van der Waals surface area contributed by atoms with Crippen molar-refractivity contribution in [3.8, 4) is 0 Å². The van der Waals surface area contributed by atoms with E-state index in [1.807, 2.05) is 4.72 Å². The van der Waals surface area contributed by atoms with Crippen LogP contribution in [-0.4, -0.2) is 97.1 Å². The van der Waals surface area contributed by atoms with Gasteiger partial charge in [-0.1, -0.05) is 38.2 Å². The van der Waals surface area contributed by atoms with Crippen molar-refractivity contribution in [2.45, 2.75) is 126 Å². The molecule has 1 saturated carbocycles. The molecule has 5 aliphatic rings. The Labute approximate surface area is 330 Å². The van der Waals surface area contributed by atoms with Gasteiger partial charge in [0.05, 0.1) is 13.1 Å². The molecule has 3 fully saturated rings. The molecule has 0 aromatic heterocycles. The van der Waals surface area contributed by atoms with Gasteiger partial charge in [0.1, 0.15) is 52.5 Å². The number of hydrogen-bond donors (Lipinski definition) is 3. The molecule has 2 aliphatic carbocycles. The molecule has 1 unspecified atom stereocenters. The largest absolute Gasteiger partial charge is 0.444 e. The highest BCUT2D eigenvalue weighted by Crippen LogP contribution is 2.48. The van der Waals surface area contributed by atoms with Crippen molar-refractivity contribution in [2.24, 2.45) is 5.92 Å². The van der Waals surface area contributed by atoms with Crippen molar-refractivity contribution in [2.75, 3.05) is 19.6 Å². The highest BCUT2D eigenvalue weighted by Gasteiger charge is 2.62. The van der Waals surface area contributed by atoms with Crippen molar-refractivity contribution >= 4 is 39.9 Å². The van der Waals surface area contributed by atoms with E-state index in [0.29, 0.717) is 44.1 Å². The van der Waals surface area contributed by atoms with Crippen molar-refractivity contribution < 1.29 is 55.0 Å². The van der Waals surface area contributed by atoms with Crippen LogP contribution in [0.4, 0.5) is 22.8 Å². The molecule has 3 heterocycles. The number of ether oxygens (including phenoxy) is 2. The second-order valence-electron chi connectivity index (χ2n) is 16.6. The van der Waals surface area contributed by atoms with Crippen LogP contribution in [0.2, 0.25) is 0 Å². The van der Waals surface area contributed by atoms with E-state index in [4.69, 9.17) is 9.47 Å². The van der Waals surface area contributed by atoms with E-state index in [1.54, 1.807) is 20.8 Å². The molecule has 5 atom stereocenters. The third-order valence-corrected chi connectivity index (χ3v) is 12.3. The lowest BCUT2D eigenvalue weighted by Crippen LogP contribution is -2.58. The van der Waals surface area contributed by atoms with Crippen LogP contribution in [0.25, 0.3) is 0 Å². The Bertz CT molecular complexity index is 1950. The number of fused-ring (bicyclic) bond motifs is 2. The molecular formula is C39H50F3N5O9S. The van der Waals surface area contributed by atoms with E-state index in [1.165, 1.54) is 15.9 Å². The number of nitrogens with zero attached hydrogens (tertiary/aromatic N) is 2. The van der Waals surface area contributed by atoms with Gasteiger partial charge in [0.2, 0.25) is 21.8 Å². The first-order chi connectivity index (χ1) is 26.9. The Morgan fingerprint density at radius 3 is 2.37 bits per heavy atom. The minimum atomic E-state index is -4.66. The number of rotatable bonds is 6. The fraction of sp³-hybridized carbons (Fsp3) is 0.615. The van der Waals surface area contributed by atoms with Gasteiger partial charge in [0.15, 0.2) is 0 Å². The topological polar surface area (TPSA) is 181 Å². The zero-order valence-electron chi connectivity index (χ0n) is 32.3. The average molecular weight is 822 g/mol. The molecule has 14 nitrogen and oxygen atoms in total. The number of halogens is 3. The molecule has 3 aliphatic heterocycles. The van der Waals surface area contributed by atoms with Crippen LogP contribution in [-0.2, 0) is 39.6 Å². The zero-order valence-corrected chi connectivity index (χ0v) is 33.2. The van der Waals surface area contributed by atoms with Crippen molar-refractivity contribution in [3.05, 3.63) is 58.4 Å². The summed E-state index contributed by atoms with van der Waals surface area (Å²) in [6, 6.07) is 0.403. The van der Waals surface area contributed by atoms with Crippen LogP contribution < -0.4 is 15.4 Å². The van der Waals surface area contributed by atoms with Gasteiger partial charge in [-0.2, -0.15) is 0 Å². The second kappa shape index (κ2) is 16.7. The molecule has 0 spiro atoms. The Balaban J connectivity index is 1.24. The first kappa shape index (κ1) is 42.0. The summed E-state index contributed by atoms with van der Waals surface area (Å²) in [6.45, 7) is 4.92. The minimum absolute atomic E-state index is 0.00312. The third-order valence-electron chi connectivity index (χ3n) is 11.1. The highest BCUT2D eigenvalue weighted by molar-refractivity contribution is 7.89. The number of benzene rings is 1. The molecule has 6 rings (SSSR count). The van der Waals surface area contributed by atoms with Gasteiger partial charge in [-0.05, 0) is 82.6 Å². The predicted molar refractivity (Wildman–Crippen MR) is 199 cm³/mol. The molecule has 312 valence electrons. The van der Waals surface area contributed by atoms with Gasteiger partial charge in [-0.3, -0.25) is 24.0 Å². The number of carbonyl (C=O) groups excluding carboxylic acids is 5. The molecule has 0 radical (unpaired) electrons. The van der Waals surface area contributed by atoms with E-state index in [-0.39, 0.29) is 44.7 Å². The molecule has 18 heteroatoms. The molecule has 2 saturated heterocycles. The fourth-order valence-electron chi connectivity index (χ4n) is 8.15. The summed E-state index contributed by atoms with van der Waals surface area (Å²) < 4.78 is 82.7. The summed E-state index contributed by atoms with van der Waals surface area (Å²) >= 11 is 0. The van der Waals surface area contributed by atoms with Crippen molar-refractivity contribution in [1.82, 2.24) is 25.2 Å². The van der Waals surface area contributed by atoms with Crippen LogP contribution in [0.5, 0.6) is 0 Å². The molecule has 1 aromatic rings. The summed E-state index contributed by atoms with van der Waals surface area (Å²) in [5.74, 6) is -6.83. The number of alkyl carbamates (subject to hydrolysis) is 1. The summed E-state index contributed by atoms with van der Waals surface area (Å²) in [7, 11) is -4.66. The van der Waals surface area contributed by atoms with Gasteiger partial charge >= 0.3 is 12.2 Å². The molecule has 57 heavy (non-hydrogen) atoms. The summed E-state index contributed by atoms with van der Waals surface area (Å²) in [4.78, 5) is 71.5. The number of hydrogen-bond acceptors (Lipinski definition) is 9. The lowest BCUT2D eigenvalue weighted by atomic mass is 10.00. The van der Waals surface area contributed by atoms with Gasteiger partial charge in [0, 0.05) is 24.1 Å². The molecule has 3 N–H and O–H groups in total. The Morgan fingerprint density at radius 1 is 1.00 bits per heavy atom. The second-order valence-corrected chi connectivity index (χ2v) is 18.3. The average Bonchev–Trinajstić information content (AvgIpc) is 3.40. The monoisotopic (exact) mass is 821 g/mol.